The van der Waals surface area contributed by atoms with E-state index in [1.54, 1.807) is 6.08 Å². The predicted molar refractivity (Wildman–Crippen MR) is 150 cm³/mol. The zero-order valence-electron chi connectivity index (χ0n) is 23.5. The van der Waals surface area contributed by atoms with Crippen LogP contribution in [0.25, 0.3) is 0 Å². The fraction of sp³-hybridized carbons (Fsp3) is 0.600. The molecular weight excluding hydrogens is 562 g/mol. The van der Waals surface area contributed by atoms with Crippen molar-refractivity contribution in [1.29, 1.82) is 0 Å². The van der Waals surface area contributed by atoms with Crippen LogP contribution in [0.2, 0.25) is 0 Å². The number of hydrogen-bond donors (Lipinski definition) is 2. The Kier molecular flexibility index (Phi) is 10.3. The summed E-state index contributed by atoms with van der Waals surface area (Å²) in [6.45, 7) is 11.8. The number of thioether (sulfide) groups is 1. The normalized spacial score (nSPS) is 21.0. The number of rotatable bonds is 12. The van der Waals surface area contributed by atoms with Crippen LogP contribution in [0, 0.1) is 0 Å². The van der Waals surface area contributed by atoms with Crippen LogP contribution in [0.1, 0.15) is 47.2 Å². The fourth-order valence-electron chi connectivity index (χ4n) is 3.46. The number of fused-ring (bicyclic) bond motifs is 1. The summed E-state index contributed by atoms with van der Waals surface area (Å²) in [7, 11) is 1.27. The molecular formula is C25H35N5O8S2. The van der Waals surface area contributed by atoms with Crippen LogP contribution in [0.4, 0.5) is 5.13 Å². The van der Waals surface area contributed by atoms with Crippen LogP contribution in [-0.2, 0) is 38.2 Å². The van der Waals surface area contributed by atoms with E-state index in [1.807, 2.05) is 41.5 Å². The number of carbonyl (C=O) groups excluding carboxylic acids is 4. The third-order valence-electron chi connectivity index (χ3n) is 5.32. The molecule has 1 saturated heterocycles. The first kappa shape index (κ1) is 31.5. The molecule has 1 aromatic heterocycles. The molecule has 0 saturated carbocycles. The molecule has 2 N–H and O–H groups in total. The molecule has 40 heavy (non-hydrogen) atoms. The Balaban J connectivity index is 1.65. The first-order valence-electron chi connectivity index (χ1n) is 12.4. The smallest absolute Gasteiger partial charge is 0.323 e. The molecule has 1 aromatic rings. The summed E-state index contributed by atoms with van der Waals surface area (Å²) in [5, 5.41) is 9.32. The second-order valence-corrected chi connectivity index (χ2v) is 12.9. The second-order valence-electron chi connectivity index (χ2n) is 10.8. The van der Waals surface area contributed by atoms with Gasteiger partial charge in [0, 0.05) is 11.6 Å². The number of hydrogen-bond acceptors (Lipinski definition) is 12. The summed E-state index contributed by atoms with van der Waals surface area (Å²) >= 11 is 2.27. The lowest BCUT2D eigenvalue weighted by atomic mass is 10.1. The van der Waals surface area contributed by atoms with Crippen LogP contribution in [0.3, 0.4) is 0 Å². The van der Waals surface area contributed by atoms with Crippen LogP contribution in [0.5, 0.6) is 0 Å². The van der Waals surface area contributed by atoms with Crippen molar-refractivity contribution in [1.82, 2.24) is 15.2 Å². The molecule has 0 bridgehead atoms. The highest BCUT2D eigenvalue weighted by molar-refractivity contribution is 8.01. The first-order valence-corrected chi connectivity index (χ1v) is 14.3. The number of esters is 1. The number of oxime groups is 1. The number of nitrogens with zero attached hydrogens (tertiary/aromatic N) is 3. The Morgan fingerprint density at radius 2 is 1.82 bits per heavy atom. The van der Waals surface area contributed by atoms with Gasteiger partial charge in [-0.05, 0) is 47.6 Å². The van der Waals surface area contributed by atoms with Crippen LogP contribution in [-0.4, -0.2) is 94.1 Å². The lowest BCUT2D eigenvalue weighted by molar-refractivity contribution is -0.163. The molecule has 3 rings (SSSR count). The number of amides is 3. The number of ether oxygens (including phenoxy) is 3. The molecule has 13 nitrogen and oxygen atoms in total. The predicted octanol–water partition coefficient (Wildman–Crippen LogP) is 1.89. The summed E-state index contributed by atoms with van der Waals surface area (Å²) in [5.41, 5.74) is -0.867. The highest BCUT2D eigenvalue weighted by atomic mass is 32.2. The minimum absolute atomic E-state index is 0.154. The average molecular weight is 598 g/mol. The Hall–Kier alpha value is -3.01. The topological polar surface area (TPSA) is 158 Å². The molecule has 15 heteroatoms. The third-order valence-corrected chi connectivity index (χ3v) is 7.51. The molecule has 2 aliphatic rings. The fourth-order valence-corrected chi connectivity index (χ4v) is 5.39. The van der Waals surface area contributed by atoms with E-state index < -0.39 is 45.8 Å². The quantitative estimate of drug-likeness (QED) is 0.120. The van der Waals surface area contributed by atoms with Gasteiger partial charge in [-0.15, -0.1) is 23.1 Å². The van der Waals surface area contributed by atoms with E-state index >= 15 is 0 Å². The van der Waals surface area contributed by atoms with Crippen LogP contribution in [0.15, 0.2) is 22.8 Å². The van der Waals surface area contributed by atoms with Crippen molar-refractivity contribution in [2.75, 3.05) is 25.6 Å². The highest BCUT2D eigenvalue weighted by Crippen LogP contribution is 2.38. The minimum atomic E-state index is -0.921. The van der Waals surface area contributed by atoms with Gasteiger partial charge >= 0.3 is 5.97 Å². The van der Waals surface area contributed by atoms with Crippen LogP contribution >= 0.6 is 23.1 Å². The van der Waals surface area contributed by atoms with Gasteiger partial charge in [-0.1, -0.05) is 5.16 Å². The number of nitrogens with one attached hydrogen (secondary N) is 2. The molecule has 220 valence electrons. The SMILES string of the molecule is CON=C(C(=O)NC1C(=O)N2C=CC(C(=O)OC(COC(C)(C)C)COC(C)(C)C)S[C@H]12)c1csc(NC=O)n1. The standard InChI is InChI=1S/C25H35N5O8S2/c1-24(2,3)36-10-14(11-37-25(4,5)6)38-22(34)16-8-9-30-20(33)18(21(30)40-16)28-19(32)17(29-35-7)15-12-39-23(27-15)26-13-31/h8-9,12-14,16,18,21H,10-11H2,1-7H3,(H,28,32)(H,26,27,31)/t16?,18?,21-/m1/s1. The summed E-state index contributed by atoms with van der Waals surface area (Å²) < 4.78 is 17.4. The van der Waals surface area contributed by atoms with E-state index in [2.05, 4.69) is 20.8 Å². The van der Waals surface area contributed by atoms with E-state index in [0.717, 1.165) is 11.3 Å². The lowest BCUT2D eigenvalue weighted by Crippen LogP contribution is -2.69. The van der Waals surface area contributed by atoms with Gasteiger partial charge in [-0.3, -0.25) is 19.2 Å². The molecule has 0 aliphatic carbocycles. The van der Waals surface area contributed by atoms with E-state index in [4.69, 9.17) is 19.0 Å². The van der Waals surface area contributed by atoms with E-state index in [9.17, 15) is 19.2 Å². The maximum absolute atomic E-state index is 13.1. The van der Waals surface area contributed by atoms with Gasteiger partial charge in [0.1, 0.15) is 35.6 Å². The van der Waals surface area contributed by atoms with Gasteiger partial charge in [-0.2, -0.15) is 0 Å². The summed E-state index contributed by atoms with van der Waals surface area (Å²) in [6.07, 6.45) is 2.93. The number of β-lactam (4-membered cyclic amide) rings is 1. The molecule has 0 radical (unpaired) electrons. The van der Waals surface area contributed by atoms with E-state index in [-0.39, 0.29) is 35.7 Å². The van der Waals surface area contributed by atoms with Crippen molar-refractivity contribution in [3.8, 4) is 0 Å². The monoisotopic (exact) mass is 597 g/mol. The van der Waals surface area contributed by atoms with Crippen molar-refractivity contribution in [2.45, 2.75) is 75.5 Å². The summed E-state index contributed by atoms with van der Waals surface area (Å²) in [6, 6.07) is -0.921. The Morgan fingerprint density at radius 3 is 2.40 bits per heavy atom. The van der Waals surface area contributed by atoms with Gasteiger partial charge in [0.15, 0.2) is 10.8 Å². The molecule has 0 aromatic carbocycles. The number of aromatic nitrogens is 1. The molecule has 2 aliphatic heterocycles. The zero-order valence-corrected chi connectivity index (χ0v) is 25.1. The summed E-state index contributed by atoms with van der Waals surface area (Å²) in [5.74, 6) is -1.55. The second kappa shape index (κ2) is 13.1. The number of anilines is 1. The Bertz CT molecular complexity index is 1140. The molecule has 3 heterocycles. The van der Waals surface area contributed by atoms with Gasteiger partial charge in [0.2, 0.25) is 6.41 Å². The molecule has 3 atom stereocenters. The largest absolute Gasteiger partial charge is 0.456 e. The average Bonchev–Trinajstić information content (AvgIpc) is 3.33. The van der Waals surface area contributed by atoms with E-state index in [0.29, 0.717) is 6.41 Å². The van der Waals surface area contributed by atoms with E-state index in [1.165, 1.54) is 35.4 Å². The Labute approximate surface area is 241 Å². The Morgan fingerprint density at radius 1 is 1.18 bits per heavy atom. The first-order chi connectivity index (χ1) is 18.7. The molecule has 0 spiro atoms. The maximum atomic E-state index is 13.1. The van der Waals surface area contributed by atoms with Gasteiger partial charge < -0.3 is 34.6 Å². The molecule has 1 fully saturated rings. The number of carbonyl (C=O) groups is 4. The summed E-state index contributed by atoms with van der Waals surface area (Å²) in [4.78, 5) is 59.9. The molecule has 2 unspecified atom stereocenters. The van der Waals surface area contributed by atoms with Crippen LogP contribution < -0.4 is 10.6 Å². The zero-order chi connectivity index (χ0) is 29.7. The van der Waals surface area contributed by atoms with Crippen molar-refractivity contribution >= 4 is 58.1 Å². The minimum Gasteiger partial charge on any atom is -0.456 e. The van der Waals surface area contributed by atoms with Crippen molar-refractivity contribution in [3.63, 3.8) is 0 Å². The lowest BCUT2D eigenvalue weighted by Gasteiger charge is -2.47. The van der Waals surface area contributed by atoms with Crippen molar-refractivity contribution in [2.24, 2.45) is 5.16 Å². The van der Waals surface area contributed by atoms with Gasteiger partial charge in [-0.25, -0.2) is 4.98 Å². The number of thiazole rings is 1. The van der Waals surface area contributed by atoms with Gasteiger partial charge in [0.05, 0.1) is 24.4 Å². The maximum Gasteiger partial charge on any atom is 0.323 e. The highest BCUT2D eigenvalue weighted by Gasteiger charge is 2.51. The van der Waals surface area contributed by atoms with Gasteiger partial charge in [0.25, 0.3) is 11.8 Å². The molecule has 3 amide bonds. The third kappa shape index (κ3) is 8.49. The van der Waals surface area contributed by atoms with Crippen molar-refractivity contribution in [3.05, 3.63) is 23.3 Å². The van der Waals surface area contributed by atoms with Crippen molar-refractivity contribution < 1.29 is 38.2 Å².